The van der Waals surface area contributed by atoms with E-state index in [-0.39, 0.29) is 26.6 Å². The zero-order valence-electron chi connectivity index (χ0n) is 10.2. The maximum atomic E-state index is 13.3. The molecule has 21 heavy (non-hydrogen) atoms. The van der Waals surface area contributed by atoms with Crippen LogP contribution in [0.15, 0.2) is 30.3 Å². The Morgan fingerprint density at radius 1 is 1.10 bits per heavy atom. The van der Waals surface area contributed by atoms with E-state index >= 15 is 0 Å². The summed E-state index contributed by atoms with van der Waals surface area (Å²) in [6, 6.07) is 5.44. The Kier molecular flexibility index (Phi) is 2.98. The molecule has 106 valence electrons. The minimum absolute atomic E-state index is 0.0256. The average molecular weight is 312 g/mol. The van der Waals surface area contributed by atoms with Crippen molar-refractivity contribution < 1.29 is 22.7 Å². The molecule has 0 N–H and O–H groups in total. The highest BCUT2D eigenvalue weighted by Gasteiger charge is 2.38. The van der Waals surface area contributed by atoms with E-state index in [2.05, 4.69) is 0 Å². The summed E-state index contributed by atoms with van der Waals surface area (Å²) in [5.41, 5.74) is -0.920. The molecular weight excluding hydrogens is 307 g/mol. The summed E-state index contributed by atoms with van der Waals surface area (Å²) < 4.78 is 39.7. The van der Waals surface area contributed by atoms with Gasteiger partial charge in [0.15, 0.2) is 17.5 Å². The maximum Gasteiger partial charge on any atom is 0.273 e. The topological polar surface area (TPSA) is 43.1 Å². The maximum absolute atomic E-state index is 13.3. The van der Waals surface area contributed by atoms with Gasteiger partial charge in [0.25, 0.3) is 11.5 Å². The highest BCUT2D eigenvalue weighted by atomic mass is 35.5. The third kappa shape index (κ3) is 1.91. The van der Waals surface area contributed by atoms with Crippen LogP contribution in [0.25, 0.3) is 0 Å². The second kappa shape index (κ2) is 4.60. The molecule has 3 rings (SSSR count). The molecular formula is C14H5ClF3NO2. The van der Waals surface area contributed by atoms with Crippen LogP contribution >= 0.6 is 11.6 Å². The molecule has 0 unspecified atom stereocenters. The van der Waals surface area contributed by atoms with E-state index < -0.39 is 28.9 Å². The molecule has 7 heteroatoms. The molecule has 0 aromatic heterocycles. The number of nitrogens with zero attached hydrogens (tertiary/aromatic N) is 1. The van der Waals surface area contributed by atoms with Crippen LogP contribution in [0.5, 0.6) is 0 Å². The zero-order valence-corrected chi connectivity index (χ0v) is 10.9. The van der Waals surface area contributed by atoms with Crippen molar-refractivity contribution in [1.82, 2.24) is 0 Å². The SMILES string of the molecule is O=C1C(c2cc(F)c(F)c(F)c2)=[N+]([O-])c2c(Cl)cccc21. The van der Waals surface area contributed by atoms with E-state index in [0.717, 1.165) is 0 Å². The first-order valence-corrected chi connectivity index (χ1v) is 6.12. The minimum atomic E-state index is -1.67. The molecule has 0 saturated heterocycles. The number of para-hydroxylation sites is 1. The Morgan fingerprint density at radius 2 is 1.71 bits per heavy atom. The third-order valence-electron chi connectivity index (χ3n) is 3.11. The fourth-order valence-electron chi connectivity index (χ4n) is 2.18. The standard InChI is InChI=1S/C14H5ClF3NO2/c15-8-3-1-2-7-13(8)19(21)12(14(7)20)6-4-9(16)11(18)10(17)5-6/h1-5H. The largest absolute Gasteiger partial charge is 0.618 e. The predicted octanol–water partition coefficient (Wildman–Crippen LogP) is 3.58. The van der Waals surface area contributed by atoms with Crippen molar-refractivity contribution >= 4 is 28.8 Å². The van der Waals surface area contributed by atoms with Gasteiger partial charge in [-0.15, -0.1) is 0 Å². The van der Waals surface area contributed by atoms with Gasteiger partial charge in [-0.3, -0.25) is 4.79 Å². The Hall–Kier alpha value is -2.34. The highest BCUT2D eigenvalue weighted by molar-refractivity contribution is 6.53. The number of hydrogen-bond acceptors (Lipinski definition) is 2. The van der Waals surface area contributed by atoms with E-state index in [4.69, 9.17) is 11.6 Å². The quantitative estimate of drug-likeness (QED) is 0.459. The van der Waals surface area contributed by atoms with Crippen molar-refractivity contribution in [2.24, 2.45) is 0 Å². The molecule has 0 amide bonds. The number of fused-ring (bicyclic) bond motifs is 1. The van der Waals surface area contributed by atoms with Gasteiger partial charge in [-0.05, 0) is 24.3 Å². The monoisotopic (exact) mass is 311 g/mol. The van der Waals surface area contributed by atoms with Crippen LogP contribution in [0.3, 0.4) is 0 Å². The summed E-state index contributed by atoms with van der Waals surface area (Å²) in [5.74, 6) is -5.37. The Labute approximate surface area is 121 Å². The molecule has 0 spiro atoms. The Balaban J connectivity index is 2.26. The number of carbonyl (C=O) groups excluding carboxylic acids is 1. The molecule has 0 aliphatic carbocycles. The first-order valence-electron chi connectivity index (χ1n) is 5.74. The van der Waals surface area contributed by atoms with Crippen LogP contribution in [0, 0.1) is 22.7 Å². The lowest BCUT2D eigenvalue weighted by molar-refractivity contribution is -0.355. The molecule has 2 aromatic carbocycles. The van der Waals surface area contributed by atoms with Gasteiger partial charge in [0, 0.05) is 0 Å². The summed E-state index contributed by atoms with van der Waals surface area (Å²) in [5, 5.41) is 12.2. The number of carbonyl (C=O) groups is 1. The molecule has 0 atom stereocenters. The molecule has 1 aliphatic rings. The van der Waals surface area contributed by atoms with Crippen molar-refractivity contribution in [1.29, 1.82) is 0 Å². The van der Waals surface area contributed by atoms with Gasteiger partial charge in [-0.25, -0.2) is 13.2 Å². The minimum Gasteiger partial charge on any atom is -0.618 e. The van der Waals surface area contributed by atoms with Crippen molar-refractivity contribution in [2.45, 2.75) is 0 Å². The highest BCUT2D eigenvalue weighted by Crippen LogP contribution is 2.34. The summed E-state index contributed by atoms with van der Waals surface area (Å²) >= 11 is 5.85. The third-order valence-corrected chi connectivity index (χ3v) is 3.41. The second-order valence-corrected chi connectivity index (χ2v) is 4.77. The second-order valence-electron chi connectivity index (χ2n) is 4.36. The predicted molar refractivity (Wildman–Crippen MR) is 69.5 cm³/mol. The van der Waals surface area contributed by atoms with Crippen LogP contribution in [0.1, 0.15) is 15.9 Å². The van der Waals surface area contributed by atoms with Gasteiger partial charge < -0.3 is 5.21 Å². The van der Waals surface area contributed by atoms with Crippen LogP contribution in [0.4, 0.5) is 18.9 Å². The molecule has 0 fully saturated rings. The van der Waals surface area contributed by atoms with Crippen molar-refractivity contribution in [2.75, 3.05) is 0 Å². The van der Waals surface area contributed by atoms with Crippen LogP contribution in [0.2, 0.25) is 5.02 Å². The van der Waals surface area contributed by atoms with Crippen LogP contribution in [-0.4, -0.2) is 16.2 Å². The number of Topliss-reactive ketones (excluding diaryl/α,β-unsaturated/α-hetero) is 1. The lowest BCUT2D eigenvalue weighted by atomic mass is 10.0. The Morgan fingerprint density at radius 3 is 2.29 bits per heavy atom. The van der Waals surface area contributed by atoms with Crippen molar-refractivity contribution in [3.05, 3.63) is 69.1 Å². The van der Waals surface area contributed by atoms with E-state index in [1.807, 2.05) is 0 Å². The van der Waals surface area contributed by atoms with Gasteiger partial charge in [0.05, 0.1) is 5.56 Å². The molecule has 1 aliphatic heterocycles. The lowest BCUT2D eigenvalue weighted by Gasteiger charge is -2.04. The van der Waals surface area contributed by atoms with Gasteiger partial charge in [0.1, 0.15) is 10.6 Å². The smallest absolute Gasteiger partial charge is 0.273 e. The molecule has 3 nitrogen and oxygen atoms in total. The van der Waals surface area contributed by atoms with Crippen LogP contribution in [-0.2, 0) is 0 Å². The fraction of sp³-hybridized carbons (Fsp3) is 0. The van der Waals surface area contributed by atoms with E-state index in [9.17, 15) is 23.2 Å². The molecule has 0 radical (unpaired) electrons. The first kappa shape index (κ1) is 13.6. The average Bonchev–Trinajstić information content (AvgIpc) is 2.69. The van der Waals surface area contributed by atoms with Gasteiger partial charge in [-0.1, -0.05) is 17.7 Å². The number of ketones is 1. The molecule has 1 heterocycles. The number of rotatable bonds is 1. The fourth-order valence-corrected chi connectivity index (χ4v) is 2.43. The summed E-state index contributed by atoms with van der Waals surface area (Å²) in [7, 11) is 0. The lowest BCUT2D eigenvalue weighted by Crippen LogP contribution is -2.17. The van der Waals surface area contributed by atoms with Gasteiger partial charge in [-0.2, -0.15) is 4.74 Å². The van der Waals surface area contributed by atoms with Gasteiger partial charge >= 0.3 is 0 Å². The summed E-state index contributed by atoms with van der Waals surface area (Å²) in [6.07, 6.45) is 0. The van der Waals surface area contributed by atoms with E-state index in [0.29, 0.717) is 12.1 Å². The van der Waals surface area contributed by atoms with Crippen molar-refractivity contribution in [3.63, 3.8) is 0 Å². The number of benzene rings is 2. The van der Waals surface area contributed by atoms with E-state index in [1.165, 1.54) is 18.2 Å². The first-order chi connectivity index (χ1) is 9.91. The number of halogens is 4. The molecule has 2 aromatic rings. The molecule has 0 bridgehead atoms. The normalized spacial score (nSPS) is 13.8. The van der Waals surface area contributed by atoms with Crippen molar-refractivity contribution in [3.8, 4) is 0 Å². The summed E-state index contributed by atoms with van der Waals surface area (Å²) in [4.78, 5) is 12.2. The zero-order chi connectivity index (χ0) is 15.3. The number of hydrogen-bond donors (Lipinski definition) is 0. The Bertz CT molecular complexity index is 810. The summed E-state index contributed by atoms with van der Waals surface area (Å²) in [6.45, 7) is 0. The molecule has 0 saturated carbocycles. The van der Waals surface area contributed by atoms with Crippen LogP contribution < -0.4 is 0 Å². The van der Waals surface area contributed by atoms with E-state index in [1.54, 1.807) is 0 Å². The van der Waals surface area contributed by atoms with Gasteiger partial charge in [0.2, 0.25) is 5.69 Å².